The standard InChI is InChI=1S/C32H35N3O4/c1-23-28(11-7-13-31(23)26-9-4-3-5-10-26)22-38-30-15-14-27(20-33-16-17-34-24(2)36)32(19-30)39-21-25-8-6-12-29(18-25)35-37/h3-15,18-19,33,35,37H,16-17,20-22H2,1-2H3,(H,34,36)/p+1. The Labute approximate surface area is 229 Å². The van der Waals surface area contributed by atoms with Gasteiger partial charge in [-0.25, -0.2) is 5.21 Å². The second kappa shape index (κ2) is 14.1. The van der Waals surface area contributed by atoms with Crippen molar-refractivity contribution >= 4 is 11.6 Å². The van der Waals surface area contributed by atoms with E-state index in [1.807, 2.05) is 60.7 Å². The summed E-state index contributed by atoms with van der Waals surface area (Å²) in [5.41, 5.74) is 8.44. The molecule has 5 N–H and O–H groups in total. The predicted octanol–water partition coefficient (Wildman–Crippen LogP) is 4.63. The van der Waals surface area contributed by atoms with Gasteiger partial charge in [0, 0.05) is 50.3 Å². The zero-order chi connectivity index (χ0) is 27.5. The maximum atomic E-state index is 11.1. The Morgan fingerprint density at radius 2 is 1.67 bits per heavy atom. The average molecular weight is 527 g/mol. The normalized spacial score (nSPS) is 10.7. The van der Waals surface area contributed by atoms with Crippen molar-refractivity contribution in [3.8, 4) is 22.6 Å². The lowest BCUT2D eigenvalue weighted by Crippen LogP contribution is -2.73. The molecule has 0 saturated carbocycles. The molecular formula is C32H36N3O4+. The fourth-order valence-corrected chi connectivity index (χ4v) is 4.31. The number of nitrogens with one attached hydrogen (secondary N) is 2. The van der Waals surface area contributed by atoms with Gasteiger partial charge in [-0.15, -0.1) is 0 Å². The maximum Gasteiger partial charge on any atom is 0.216 e. The number of hydrogen-bond donors (Lipinski definition) is 4. The second-order valence-electron chi connectivity index (χ2n) is 9.34. The fraction of sp³-hybridized carbons (Fsp3) is 0.219. The second-order valence-corrected chi connectivity index (χ2v) is 9.34. The molecule has 1 amide bonds. The third-order valence-corrected chi connectivity index (χ3v) is 6.45. The predicted molar refractivity (Wildman–Crippen MR) is 152 cm³/mol. The number of amides is 1. The fourth-order valence-electron chi connectivity index (χ4n) is 4.31. The highest BCUT2D eigenvalue weighted by Crippen LogP contribution is 2.29. The van der Waals surface area contributed by atoms with Crippen molar-refractivity contribution in [2.24, 2.45) is 0 Å². The van der Waals surface area contributed by atoms with Gasteiger partial charge in [0.1, 0.15) is 24.7 Å². The van der Waals surface area contributed by atoms with Crippen LogP contribution in [0.5, 0.6) is 11.5 Å². The van der Waals surface area contributed by atoms with Crippen LogP contribution >= 0.6 is 0 Å². The van der Waals surface area contributed by atoms with E-state index in [4.69, 9.17) is 9.47 Å². The molecule has 4 aromatic carbocycles. The molecule has 0 atom stereocenters. The number of quaternary nitrogens is 1. The average Bonchev–Trinajstić information content (AvgIpc) is 2.96. The van der Waals surface area contributed by atoms with Crippen molar-refractivity contribution in [2.75, 3.05) is 13.1 Å². The van der Waals surface area contributed by atoms with Crippen LogP contribution < -0.4 is 25.6 Å². The van der Waals surface area contributed by atoms with Gasteiger partial charge in [-0.3, -0.25) is 4.79 Å². The lowest BCUT2D eigenvalue weighted by Gasteiger charge is -2.16. The first-order chi connectivity index (χ1) is 19.0. The first-order valence-corrected chi connectivity index (χ1v) is 13.1. The van der Waals surface area contributed by atoms with E-state index in [0.29, 0.717) is 44.3 Å². The summed E-state index contributed by atoms with van der Waals surface area (Å²) in [6, 6.07) is 30.1. The zero-order valence-electron chi connectivity index (χ0n) is 22.4. The number of carbonyl (C=O) groups is 1. The molecule has 39 heavy (non-hydrogen) atoms. The van der Waals surface area contributed by atoms with E-state index in [1.165, 1.54) is 23.6 Å². The van der Waals surface area contributed by atoms with Gasteiger partial charge in [0.15, 0.2) is 5.69 Å². The monoisotopic (exact) mass is 526 g/mol. The van der Waals surface area contributed by atoms with Gasteiger partial charge in [-0.05, 0) is 40.8 Å². The Bertz CT molecular complexity index is 1380. The van der Waals surface area contributed by atoms with E-state index in [1.54, 1.807) is 0 Å². The highest BCUT2D eigenvalue weighted by Gasteiger charge is 2.10. The smallest absolute Gasteiger partial charge is 0.216 e. The van der Waals surface area contributed by atoms with Gasteiger partial charge in [-0.1, -0.05) is 66.7 Å². The van der Waals surface area contributed by atoms with Gasteiger partial charge in [0.2, 0.25) is 5.91 Å². The molecule has 0 heterocycles. The summed E-state index contributed by atoms with van der Waals surface area (Å²) >= 11 is 0. The molecule has 0 aliphatic carbocycles. The molecule has 0 unspecified atom stereocenters. The summed E-state index contributed by atoms with van der Waals surface area (Å²) in [4.78, 5) is 11.1. The van der Waals surface area contributed by atoms with Gasteiger partial charge in [0.25, 0.3) is 0 Å². The number of benzene rings is 4. The van der Waals surface area contributed by atoms with Gasteiger partial charge in [-0.2, -0.15) is 5.48 Å². The molecule has 0 aliphatic heterocycles. The zero-order valence-corrected chi connectivity index (χ0v) is 22.4. The maximum absolute atomic E-state index is 11.1. The minimum atomic E-state index is -0.0470. The molecule has 0 saturated heterocycles. The number of hydrogen-bond acceptors (Lipinski definition) is 5. The van der Waals surface area contributed by atoms with Crippen molar-refractivity contribution in [1.29, 1.82) is 0 Å². The Balaban J connectivity index is 1.47. The molecule has 0 aromatic heterocycles. The topological polar surface area (TPSA) is 96.4 Å². The molecule has 0 aliphatic rings. The molecule has 0 bridgehead atoms. The molecule has 4 aromatic rings. The van der Waals surface area contributed by atoms with Crippen LogP contribution in [-0.2, 0) is 24.6 Å². The molecule has 0 fully saturated rings. The summed E-state index contributed by atoms with van der Waals surface area (Å²) in [7, 11) is 0. The lowest BCUT2D eigenvalue weighted by molar-refractivity contribution is -0.825. The molecule has 202 valence electrons. The third kappa shape index (κ3) is 8.15. The van der Waals surface area contributed by atoms with Crippen LogP contribution in [-0.4, -0.2) is 24.2 Å². The van der Waals surface area contributed by atoms with Crippen molar-refractivity contribution in [3.63, 3.8) is 0 Å². The summed E-state index contributed by atoms with van der Waals surface area (Å²) < 4.78 is 12.5. The molecule has 4 rings (SSSR count). The van der Waals surface area contributed by atoms with Crippen LogP contribution in [0, 0.1) is 6.92 Å². The molecule has 0 radical (unpaired) electrons. The Morgan fingerprint density at radius 3 is 2.46 bits per heavy atom. The van der Waals surface area contributed by atoms with Gasteiger partial charge < -0.3 is 20.1 Å². The summed E-state index contributed by atoms with van der Waals surface area (Å²) in [5, 5.41) is 15.5. The number of rotatable bonds is 13. The van der Waals surface area contributed by atoms with Crippen LogP contribution in [0.15, 0.2) is 91.0 Å². The van der Waals surface area contributed by atoms with E-state index in [9.17, 15) is 10.0 Å². The Morgan fingerprint density at radius 1 is 0.846 bits per heavy atom. The molecule has 0 spiro atoms. The van der Waals surface area contributed by atoms with Gasteiger partial charge in [0.05, 0.1) is 0 Å². The van der Waals surface area contributed by atoms with E-state index in [2.05, 4.69) is 47.9 Å². The van der Waals surface area contributed by atoms with Gasteiger partial charge >= 0.3 is 0 Å². The van der Waals surface area contributed by atoms with Crippen molar-refractivity contribution in [2.45, 2.75) is 33.6 Å². The van der Waals surface area contributed by atoms with Crippen LogP contribution in [0.25, 0.3) is 11.1 Å². The molecule has 7 nitrogen and oxygen atoms in total. The molecule has 7 heteroatoms. The van der Waals surface area contributed by atoms with E-state index in [0.717, 1.165) is 27.9 Å². The van der Waals surface area contributed by atoms with E-state index in [-0.39, 0.29) is 5.91 Å². The lowest BCUT2D eigenvalue weighted by atomic mass is 9.97. The summed E-state index contributed by atoms with van der Waals surface area (Å²) in [6.07, 6.45) is 0. The van der Waals surface area contributed by atoms with Crippen LogP contribution in [0.3, 0.4) is 0 Å². The SMILES string of the molecule is CC(=O)NCCNCc1ccc(OCc2cccc(-c3ccccc3)c2C)cc1OCc1cccc([NH2+]O)c1. The largest absolute Gasteiger partial charge is 0.489 e. The van der Waals surface area contributed by atoms with Crippen molar-refractivity contribution < 1.29 is 25.0 Å². The number of nitrogens with two attached hydrogens (primary N) is 1. The van der Waals surface area contributed by atoms with Crippen LogP contribution in [0.2, 0.25) is 0 Å². The minimum Gasteiger partial charge on any atom is -0.489 e. The number of carbonyl (C=O) groups excluding carboxylic acids is 1. The Hall–Kier alpha value is -4.17. The van der Waals surface area contributed by atoms with E-state index < -0.39 is 0 Å². The summed E-state index contributed by atoms with van der Waals surface area (Å²) in [6.45, 7) is 6.20. The quantitative estimate of drug-likeness (QED) is 0.116. The van der Waals surface area contributed by atoms with Crippen molar-refractivity contribution in [3.05, 3.63) is 113 Å². The third-order valence-electron chi connectivity index (χ3n) is 6.45. The highest BCUT2D eigenvalue weighted by molar-refractivity contribution is 5.72. The highest BCUT2D eigenvalue weighted by atomic mass is 16.5. The molecular weight excluding hydrogens is 490 g/mol. The first kappa shape index (κ1) is 27.9. The Kier molecular flexibility index (Phi) is 10.1. The van der Waals surface area contributed by atoms with Crippen LogP contribution in [0.1, 0.15) is 29.2 Å². The number of ether oxygens (including phenoxy) is 2. The van der Waals surface area contributed by atoms with Crippen molar-refractivity contribution in [1.82, 2.24) is 10.6 Å². The summed E-state index contributed by atoms with van der Waals surface area (Å²) in [5.74, 6) is 1.39. The van der Waals surface area contributed by atoms with Crippen LogP contribution in [0.4, 0.5) is 5.69 Å². The first-order valence-electron chi connectivity index (χ1n) is 13.1. The van der Waals surface area contributed by atoms with E-state index >= 15 is 0 Å². The minimum absolute atomic E-state index is 0.0470.